The predicted molar refractivity (Wildman–Crippen MR) is 92.4 cm³/mol. The van der Waals surface area contributed by atoms with Crippen molar-refractivity contribution in [2.45, 2.75) is 17.7 Å². The largest absolute Gasteiger partial charge is 0.330 e. The van der Waals surface area contributed by atoms with Crippen molar-refractivity contribution >= 4 is 10.0 Å². The lowest BCUT2D eigenvalue weighted by atomic mass is 10.0. The predicted octanol–water partition coefficient (Wildman–Crippen LogP) is 2.71. The number of piperidine rings is 1. The van der Waals surface area contributed by atoms with Crippen LogP contribution in [0.1, 0.15) is 12.8 Å². The van der Waals surface area contributed by atoms with Crippen LogP contribution < -0.4 is 5.73 Å². The number of hydrogen-bond donors (Lipinski definition) is 1. The summed E-state index contributed by atoms with van der Waals surface area (Å²) in [7, 11) is -3.46. The van der Waals surface area contributed by atoms with E-state index in [-0.39, 0.29) is 5.92 Å². The van der Waals surface area contributed by atoms with Crippen LogP contribution in [0, 0.1) is 5.92 Å². The van der Waals surface area contributed by atoms with Crippen LogP contribution in [-0.4, -0.2) is 32.4 Å². The van der Waals surface area contributed by atoms with Crippen LogP contribution in [0.25, 0.3) is 11.1 Å². The molecule has 1 saturated heterocycles. The number of benzene rings is 2. The summed E-state index contributed by atoms with van der Waals surface area (Å²) in [6.45, 7) is 1.64. The molecule has 23 heavy (non-hydrogen) atoms. The quantitative estimate of drug-likeness (QED) is 0.937. The van der Waals surface area contributed by atoms with E-state index in [9.17, 15) is 8.42 Å². The lowest BCUT2D eigenvalue weighted by molar-refractivity contribution is 0.271. The molecule has 0 spiro atoms. The summed E-state index contributed by atoms with van der Waals surface area (Å²) >= 11 is 0. The van der Waals surface area contributed by atoms with Gasteiger partial charge in [0.25, 0.3) is 0 Å². The summed E-state index contributed by atoms with van der Waals surface area (Å²) < 4.78 is 27.4. The molecule has 1 fully saturated rings. The normalized spacial score (nSPS) is 19.6. The number of nitrogens with zero attached hydrogens (tertiary/aromatic N) is 1. The maximum Gasteiger partial charge on any atom is 0.243 e. The number of sulfonamides is 1. The number of nitrogens with two attached hydrogens (primary N) is 1. The lowest BCUT2D eigenvalue weighted by Crippen LogP contribution is -2.41. The molecule has 2 aromatic carbocycles. The molecule has 1 aliphatic heterocycles. The van der Waals surface area contributed by atoms with Gasteiger partial charge >= 0.3 is 0 Å². The van der Waals surface area contributed by atoms with E-state index in [1.807, 2.05) is 36.4 Å². The zero-order valence-corrected chi connectivity index (χ0v) is 13.9. The Morgan fingerprint density at radius 2 is 1.78 bits per heavy atom. The van der Waals surface area contributed by atoms with Crippen LogP contribution in [0.2, 0.25) is 0 Å². The summed E-state index contributed by atoms with van der Waals surface area (Å²) in [5.74, 6) is 0.260. The highest BCUT2D eigenvalue weighted by Crippen LogP contribution is 2.27. The van der Waals surface area contributed by atoms with Crippen LogP contribution in [-0.2, 0) is 10.0 Å². The van der Waals surface area contributed by atoms with E-state index >= 15 is 0 Å². The van der Waals surface area contributed by atoms with Gasteiger partial charge in [-0.15, -0.1) is 0 Å². The molecule has 0 bridgehead atoms. The molecule has 4 nitrogen and oxygen atoms in total. The fourth-order valence-electron chi connectivity index (χ4n) is 3.05. The van der Waals surface area contributed by atoms with Gasteiger partial charge in [-0.1, -0.05) is 42.5 Å². The maximum atomic E-state index is 12.9. The first-order valence-electron chi connectivity index (χ1n) is 7.97. The Labute approximate surface area is 138 Å². The molecule has 0 radical (unpaired) electrons. The van der Waals surface area contributed by atoms with Crippen LogP contribution >= 0.6 is 0 Å². The number of hydrogen-bond acceptors (Lipinski definition) is 3. The molecule has 1 atom stereocenters. The minimum Gasteiger partial charge on any atom is -0.330 e. The van der Waals surface area contributed by atoms with Crippen molar-refractivity contribution in [3.8, 4) is 11.1 Å². The molecule has 122 valence electrons. The third kappa shape index (κ3) is 3.47. The van der Waals surface area contributed by atoms with Gasteiger partial charge < -0.3 is 5.73 Å². The molecule has 0 aromatic heterocycles. The molecule has 0 amide bonds. The van der Waals surface area contributed by atoms with E-state index in [0.29, 0.717) is 24.5 Å². The molecule has 1 unspecified atom stereocenters. The van der Waals surface area contributed by atoms with E-state index in [1.54, 1.807) is 22.5 Å². The summed E-state index contributed by atoms with van der Waals surface area (Å²) in [4.78, 5) is 0.358. The highest BCUT2D eigenvalue weighted by molar-refractivity contribution is 7.89. The third-order valence-corrected chi connectivity index (χ3v) is 6.26. The van der Waals surface area contributed by atoms with Gasteiger partial charge in [0, 0.05) is 13.1 Å². The van der Waals surface area contributed by atoms with Gasteiger partial charge in [-0.3, -0.25) is 0 Å². The summed E-state index contributed by atoms with van der Waals surface area (Å²) in [6.07, 6.45) is 1.88. The monoisotopic (exact) mass is 330 g/mol. The minimum atomic E-state index is -3.46. The van der Waals surface area contributed by atoms with Gasteiger partial charge in [0.1, 0.15) is 0 Å². The molecular formula is C18H22N2O2S. The highest BCUT2D eigenvalue weighted by atomic mass is 32.2. The molecule has 0 aliphatic carbocycles. The number of rotatable bonds is 4. The van der Waals surface area contributed by atoms with E-state index < -0.39 is 10.0 Å². The van der Waals surface area contributed by atoms with E-state index in [2.05, 4.69) is 0 Å². The summed E-state index contributed by atoms with van der Waals surface area (Å²) in [5.41, 5.74) is 7.66. The standard InChI is InChI=1S/C18H22N2O2S/c19-13-15-6-5-11-20(14-15)23(21,22)18-10-4-9-17(12-18)16-7-2-1-3-8-16/h1-4,7-10,12,15H,5-6,11,13-14,19H2. The molecule has 5 heteroatoms. The molecule has 2 aromatic rings. The van der Waals surface area contributed by atoms with Crippen molar-refractivity contribution in [2.75, 3.05) is 19.6 Å². The lowest BCUT2D eigenvalue weighted by Gasteiger charge is -2.31. The second-order valence-electron chi connectivity index (χ2n) is 6.00. The van der Waals surface area contributed by atoms with E-state index in [0.717, 1.165) is 24.0 Å². The smallest absolute Gasteiger partial charge is 0.243 e. The Kier molecular flexibility index (Phi) is 4.80. The van der Waals surface area contributed by atoms with Crippen molar-refractivity contribution < 1.29 is 8.42 Å². The molecule has 3 rings (SSSR count). The second kappa shape index (κ2) is 6.83. The molecule has 1 heterocycles. The Bertz CT molecular complexity index is 760. The fraction of sp³-hybridized carbons (Fsp3) is 0.333. The molecule has 2 N–H and O–H groups in total. The fourth-order valence-corrected chi connectivity index (χ4v) is 4.65. The van der Waals surface area contributed by atoms with Gasteiger partial charge in [-0.2, -0.15) is 4.31 Å². The van der Waals surface area contributed by atoms with E-state index in [4.69, 9.17) is 5.73 Å². The molecular weight excluding hydrogens is 308 g/mol. The zero-order valence-electron chi connectivity index (χ0n) is 13.1. The van der Waals surface area contributed by atoms with Crippen molar-refractivity contribution in [2.24, 2.45) is 11.7 Å². The summed E-state index contributed by atoms with van der Waals surface area (Å²) in [5, 5.41) is 0. The van der Waals surface area contributed by atoms with Crippen LogP contribution in [0.15, 0.2) is 59.5 Å². The third-order valence-electron chi connectivity index (χ3n) is 4.39. The summed E-state index contributed by atoms with van der Waals surface area (Å²) in [6, 6.07) is 17.0. The SMILES string of the molecule is NCC1CCCN(S(=O)(=O)c2cccc(-c3ccccc3)c2)C1. The second-order valence-corrected chi connectivity index (χ2v) is 7.94. The first-order valence-corrected chi connectivity index (χ1v) is 9.41. The van der Waals surface area contributed by atoms with E-state index in [1.165, 1.54) is 0 Å². The highest BCUT2D eigenvalue weighted by Gasteiger charge is 2.29. The van der Waals surface area contributed by atoms with Crippen molar-refractivity contribution in [1.82, 2.24) is 4.31 Å². The van der Waals surface area contributed by atoms with Gasteiger partial charge in [-0.25, -0.2) is 8.42 Å². The van der Waals surface area contributed by atoms with Crippen molar-refractivity contribution in [3.63, 3.8) is 0 Å². The van der Waals surface area contributed by atoms with Crippen LogP contribution in [0.4, 0.5) is 0 Å². The van der Waals surface area contributed by atoms with Gasteiger partial charge in [-0.05, 0) is 48.6 Å². The Hall–Kier alpha value is -1.69. The van der Waals surface area contributed by atoms with Crippen molar-refractivity contribution in [1.29, 1.82) is 0 Å². The Morgan fingerprint density at radius 3 is 2.52 bits per heavy atom. The van der Waals surface area contributed by atoms with Gasteiger partial charge in [0.15, 0.2) is 0 Å². The topological polar surface area (TPSA) is 63.4 Å². The van der Waals surface area contributed by atoms with Crippen molar-refractivity contribution in [3.05, 3.63) is 54.6 Å². The first kappa shape index (κ1) is 16.2. The Morgan fingerprint density at radius 1 is 1.04 bits per heavy atom. The van der Waals surface area contributed by atoms with Crippen LogP contribution in [0.5, 0.6) is 0 Å². The van der Waals surface area contributed by atoms with Crippen LogP contribution in [0.3, 0.4) is 0 Å². The minimum absolute atomic E-state index is 0.260. The average molecular weight is 330 g/mol. The first-order chi connectivity index (χ1) is 11.1. The maximum absolute atomic E-state index is 12.9. The Balaban J connectivity index is 1.91. The average Bonchev–Trinajstić information content (AvgIpc) is 2.62. The molecule has 1 aliphatic rings. The zero-order chi connectivity index (χ0) is 16.3. The molecule has 0 saturated carbocycles. The van der Waals surface area contributed by atoms with Gasteiger partial charge in [0.05, 0.1) is 4.90 Å². The van der Waals surface area contributed by atoms with Gasteiger partial charge in [0.2, 0.25) is 10.0 Å².